The van der Waals surface area contributed by atoms with Crippen LogP contribution in [0.3, 0.4) is 0 Å². The van der Waals surface area contributed by atoms with Gasteiger partial charge in [-0.2, -0.15) is 5.10 Å². The predicted molar refractivity (Wildman–Crippen MR) is 51.5 cm³/mol. The lowest BCUT2D eigenvalue weighted by molar-refractivity contribution is -0.145. The lowest BCUT2D eigenvalue weighted by atomic mass is 10.1. The molecule has 0 amide bonds. The van der Waals surface area contributed by atoms with Crippen LogP contribution in [-0.2, 0) is 23.0 Å². The highest BCUT2D eigenvalue weighted by Crippen LogP contribution is 2.22. The van der Waals surface area contributed by atoms with Crippen LogP contribution in [0.15, 0.2) is 4.79 Å². The van der Waals surface area contributed by atoms with Crippen LogP contribution in [0, 0.1) is 0 Å². The van der Waals surface area contributed by atoms with Crippen LogP contribution in [0.5, 0.6) is 0 Å². The summed E-state index contributed by atoms with van der Waals surface area (Å²) in [6.07, 6.45) is 2.24. The molecule has 82 valence electrons. The number of esters is 1. The molecule has 0 fully saturated rings. The van der Waals surface area contributed by atoms with Crippen molar-refractivity contribution >= 4 is 5.97 Å². The van der Waals surface area contributed by atoms with Gasteiger partial charge in [0.15, 0.2) is 0 Å². The molecule has 0 N–H and O–H groups in total. The molecule has 0 bridgehead atoms. The number of aryl methyl sites for hydroxylation is 2. The maximum Gasteiger partial charge on any atom is 0.346 e. The van der Waals surface area contributed by atoms with Crippen molar-refractivity contribution in [2.45, 2.75) is 25.3 Å². The van der Waals surface area contributed by atoms with Crippen LogP contribution in [-0.4, -0.2) is 27.4 Å². The highest BCUT2D eigenvalue weighted by Gasteiger charge is 2.30. The molecule has 1 aromatic rings. The highest BCUT2D eigenvalue weighted by atomic mass is 16.5. The summed E-state index contributed by atoms with van der Waals surface area (Å²) < 4.78 is 7.38. The second-order valence-corrected chi connectivity index (χ2v) is 3.62. The Morgan fingerprint density at radius 1 is 1.60 bits per heavy atom. The summed E-state index contributed by atoms with van der Waals surface area (Å²) in [5.41, 5.74) is -0.250. The Labute approximate surface area is 86.5 Å². The fraction of sp³-hybridized carbons (Fsp3) is 0.667. The van der Waals surface area contributed by atoms with Crippen molar-refractivity contribution in [3.05, 3.63) is 16.3 Å². The number of hydrogen-bond donors (Lipinski definition) is 0. The minimum absolute atomic E-state index is 0.250. The molecule has 0 aliphatic carbocycles. The number of ether oxygens (including phenoxy) is 1. The van der Waals surface area contributed by atoms with E-state index in [1.165, 1.54) is 16.4 Å². The first kappa shape index (κ1) is 9.95. The summed E-state index contributed by atoms with van der Waals surface area (Å²) in [6, 6.07) is -0.500. The molecular weight excluding hydrogens is 198 g/mol. The molecule has 0 radical (unpaired) electrons. The maximum atomic E-state index is 11.7. The van der Waals surface area contributed by atoms with Gasteiger partial charge >= 0.3 is 11.7 Å². The van der Waals surface area contributed by atoms with Gasteiger partial charge in [-0.1, -0.05) is 0 Å². The van der Waals surface area contributed by atoms with E-state index in [9.17, 15) is 9.59 Å². The third-order valence-electron chi connectivity index (χ3n) is 2.69. The lowest BCUT2D eigenvalue weighted by Crippen LogP contribution is -2.34. The number of methoxy groups -OCH3 is 1. The molecule has 2 heterocycles. The Balaban J connectivity index is 2.50. The predicted octanol–water partition coefficient (Wildman–Crippen LogP) is -0.368. The molecule has 1 atom stereocenters. The molecule has 2 rings (SSSR count). The monoisotopic (exact) mass is 211 g/mol. The highest BCUT2D eigenvalue weighted by molar-refractivity contribution is 5.74. The average molecular weight is 211 g/mol. The van der Waals surface area contributed by atoms with Crippen LogP contribution < -0.4 is 5.69 Å². The van der Waals surface area contributed by atoms with Crippen molar-refractivity contribution in [1.29, 1.82) is 0 Å². The van der Waals surface area contributed by atoms with Crippen LogP contribution in [0.4, 0.5) is 0 Å². The summed E-state index contributed by atoms with van der Waals surface area (Å²) in [6.45, 7) is 0. The molecule has 0 saturated heterocycles. The fourth-order valence-corrected chi connectivity index (χ4v) is 1.96. The molecule has 1 aliphatic rings. The molecule has 0 aromatic carbocycles. The first-order chi connectivity index (χ1) is 7.15. The fourth-order valence-electron chi connectivity index (χ4n) is 1.96. The third kappa shape index (κ3) is 1.45. The van der Waals surface area contributed by atoms with Crippen LogP contribution in [0.2, 0.25) is 0 Å². The van der Waals surface area contributed by atoms with E-state index < -0.39 is 6.04 Å². The van der Waals surface area contributed by atoms with Gasteiger partial charge in [-0.25, -0.2) is 14.3 Å². The standard InChI is InChI=1S/C9H13N3O3/c1-11-9(14)12-6(8(13)15-2)4-3-5-7(12)10-11/h6H,3-5H2,1-2H3. The van der Waals surface area contributed by atoms with E-state index in [0.29, 0.717) is 12.2 Å². The quantitative estimate of drug-likeness (QED) is 0.594. The number of carbonyl (C=O) groups is 1. The van der Waals surface area contributed by atoms with E-state index >= 15 is 0 Å². The smallest absolute Gasteiger partial charge is 0.346 e. The Hall–Kier alpha value is -1.59. The second kappa shape index (κ2) is 3.52. The van der Waals surface area contributed by atoms with Gasteiger partial charge in [-0.15, -0.1) is 0 Å². The number of nitrogens with zero attached hydrogens (tertiary/aromatic N) is 3. The van der Waals surface area contributed by atoms with Gasteiger partial charge in [0.05, 0.1) is 7.11 Å². The normalized spacial score (nSPS) is 19.7. The summed E-state index contributed by atoms with van der Waals surface area (Å²) in [5, 5.41) is 4.08. The average Bonchev–Trinajstić information content (AvgIpc) is 2.54. The Morgan fingerprint density at radius 2 is 2.33 bits per heavy atom. The number of carbonyl (C=O) groups excluding carboxylic acids is 1. The molecule has 1 aromatic heterocycles. The Morgan fingerprint density at radius 3 is 3.00 bits per heavy atom. The topological polar surface area (TPSA) is 66.1 Å². The summed E-state index contributed by atoms with van der Waals surface area (Å²) >= 11 is 0. The lowest BCUT2D eigenvalue weighted by Gasteiger charge is -2.20. The zero-order valence-electron chi connectivity index (χ0n) is 8.77. The van der Waals surface area contributed by atoms with Crippen molar-refractivity contribution in [1.82, 2.24) is 14.3 Å². The molecule has 6 nitrogen and oxygen atoms in total. The van der Waals surface area contributed by atoms with Gasteiger partial charge in [-0.05, 0) is 12.8 Å². The van der Waals surface area contributed by atoms with E-state index in [4.69, 9.17) is 0 Å². The molecule has 6 heteroatoms. The minimum atomic E-state index is -0.500. The third-order valence-corrected chi connectivity index (χ3v) is 2.69. The molecule has 15 heavy (non-hydrogen) atoms. The molecule has 1 unspecified atom stereocenters. The largest absolute Gasteiger partial charge is 0.467 e. The van der Waals surface area contributed by atoms with E-state index in [0.717, 1.165) is 12.8 Å². The number of aromatic nitrogens is 3. The first-order valence-corrected chi connectivity index (χ1v) is 4.87. The Bertz CT molecular complexity index is 446. The van der Waals surface area contributed by atoms with Crippen molar-refractivity contribution in [3.63, 3.8) is 0 Å². The van der Waals surface area contributed by atoms with Crippen molar-refractivity contribution in [2.75, 3.05) is 7.11 Å². The van der Waals surface area contributed by atoms with E-state index in [2.05, 4.69) is 9.84 Å². The van der Waals surface area contributed by atoms with Gasteiger partial charge in [0.25, 0.3) is 0 Å². The van der Waals surface area contributed by atoms with Crippen LogP contribution >= 0.6 is 0 Å². The van der Waals surface area contributed by atoms with E-state index in [1.54, 1.807) is 7.05 Å². The zero-order chi connectivity index (χ0) is 11.0. The minimum Gasteiger partial charge on any atom is -0.467 e. The number of fused-ring (bicyclic) bond motifs is 1. The van der Waals surface area contributed by atoms with Gasteiger partial charge in [0.1, 0.15) is 11.9 Å². The molecule has 0 spiro atoms. The van der Waals surface area contributed by atoms with Crippen LogP contribution in [0.1, 0.15) is 24.7 Å². The van der Waals surface area contributed by atoms with Crippen LogP contribution in [0.25, 0.3) is 0 Å². The SMILES string of the molecule is COC(=O)C1CCCc2nn(C)c(=O)n21. The molecule has 1 aliphatic heterocycles. The van der Waals surface area contributed by atoms with Crippen molar-refractivity contribution < 1.29 is 9.53 Å². The number of hydrogen-bond acceptors (Lipinski definition) is 4. The van der Waals surface area contributed by atoms with Crippen molar-refractivity contribution in [3.8, 4) is 0 Å². The summed E-state index contributed by atoms with van der Waals surface area (Å²) in [5.74, 6) is 0.301. The van der Waals surface area contributed by atoms with E-state index in [1.807, 2.05) is 0 Å². The first-order valence-electron chi connectivity index (χ1n) is 4.87. The van der Waals surface area contributed by atoms with Crippen molar-refractivity contribution in [2.24, 2.45) is 7.05 Å². The summed E-state index contributed by atoms with van der Waals surface area (Å²) in [4.78, 5) is 23.2. The molecular formula is C9H13N3O3. The van der Waals surface area contributed by atoms with Gasteiger partial charge in [-0.3, -0.25) is 4.57 Å². The zero-order valence-corrected chi connectivity index (χ0v) is 8.77. The summed E-state index contributed by atoms with van der Waals surface area (Å²) in [7, 11) is 2.92. The second-order valence-electron chi connectivity index (χ2n) is 3.62. The van der Waals surface area contributed by atoms with Gasteiger partial charge < -0.3 is 4.74 Å². The van der Waals surface area contributed by atoms with Gasteiger partial charge in [0, 0.05) is 13.5 Å². The maximum absolute atomic E-state index is 11.7. The van der Waals surface area contributed by atoms with Gasteiger partial charge in [0.2, 0.25) is 0 Å². The van der Waals surface area contributed by atoms with E-state index in [-0.39, 0.29) is 11.7 Å². The molecule has 0 saturated carbocycles. The number of rotatable bonds is 1. The Kier molecular flexibility index (Phi) is 2.34.